The van der Waals surface area contributed by atoms with E-state index < -0.39 is 0 Å². The van der Waals surface area contributed by atoms with Gasteiger partial charge in [-0.25, -0.2) is 9.50 Å². The summed E-state index contributed by atoms with van der Waals surface area (Å²) >= 11 is 3.11. The van der Waals surface area contributed by atoms with Gasteiger partial charge in [0.2, 0.25) is 5.91 Å². The Hall–Kier alpha value is -3.94. The lowest BCUT2D eigenvalue weighted by Crippen LogP contribution is -2.36. The molecule has 0 saturated carbocycles. The first kappa shape index (κ1) is 21.4. The molecule has 1 aliphatic heterocycles. The Morgan fingerprint density at radius 1 is 1.22 bits per heavy atom. The molecule has 7 rings (SSSR count). The lowest BCUT2D eigenvalue weighted by Gasteiger charge is -2.25. The van der Waals surface area contributed by atoms with Crippen molar-refractivity contribution in [2.24, 2.45) is 7.05 Å². The molecule has 0 radical (unpaired) electrons. The van der Waals surface area contributed by atoms with Crippen LogP contribution in [-0.2, 0) is 24.8 Å². The number of carbonyl (C=O) groups excluding carboxylic acids is 1. The molecule has 1 aliphatic rings. The average molecular weight is 518 g/mol. The van der Waals surface area contributed by atoms with Crippen molar-refractivity contribution in [2.45, 2.75) is 13.0 Å². The van der Waals surface area contributed by atoms with Crippen LogP contribution < -0.4 is 10.9 Å². The molecule has 0 unspecified atom stereocenters. The van der Waals surface area contributed by atoms with Gasteiger partial charge in [0, 0.05) is 49.4 Å². The number of nitrogens with one attached hydrogen (secondary N) is 2. The minimum Gasteiger partial charge on any atom is -0.324 e. The van der Waals surface area contributed by atoms with Gasteiger partial charge in [-0.05, 0) is 6.07 Å². The van der Waals surface area contributed by atoms with E-state index >= 15 is 0 Å². The quantitative estimate of drug-likeness (QED) is 0.368. The molecule has 13 heteroatoms. The van der Waals surface area contributed by atoms with Crippen LogP contribution in [0.4, 0.5) is 5.69 Å². The average Bonchev–Trinajstić information content (AvgIpc) is 3.61. The fraction of sp³-hybridized carbons (Fsp3) is 0.217. The van der Waals surface area contributed by atoms with Crippen LogP contribution in [0.5, 0.6) is 0 Å². The fourth-order valence-electron chi connectivity index (χ4n) is 4.61. The van der Waals surface area contributed by atoms with E-state index in [4.69, 9.17) is 0 Å². The van der Waals surface area contributed by atoms with Crippen molar-refractivity contribution in [3.8, 4) is 10.4 Å². The standard InChI is InChI=1S/C23H19N9O2S2/c1-30-7-12(5-26-30)16-9-32-23(36-16)19-21(29-32)20-15(28-22(19)34)4-13(6-24-20)27-18(33)10-31-3-2-14-17(8-31)35-11-25-14/h4-7,9,11H,2-3,8,10H2,1H3,(H,27,33)(H,28,34). The number of anilines is 1. The number of amides is 1. The molecule has 0 aromatic carbocycles. The minimum absolute atomic E-state index is 0.127. The molecule has 180 valence electrons. The second-order valence-electron chi connectivity index (χ2n) is 8.78. The number of carbonyl (C=O) groups is 1. The van der Waals surface area contributed by atoms with Crippen molar-refractivity contribution in [3.05, 3.63) is 57.3 Å². The Kier molecular flexibility index (Phi) is 4.77. The predicted octanol–water partition coefficient (Wildman–Crippen LogP) is 2.64. The van der Waals surface area contributed by atoms with Crippen molar-refractivity contribution in [2.75, 3.05) is 18.4 Å². The Labute approximate surface area is 211 Å². The summed E-state index contributed by atoms with van der Waals surface area (Å²) in [5, 5.41) is 12.3. The van der Waals surface area contributed by atoms with Crippen LogP contribution >= 0.6 is 22.7 Å². The third-order valence-electron chi connectivity index (χ3n) is 6.30. The number of nitrogens with zero attached hydrogens (tertiary/aromatic N) is 7. The summed E-state index contributed by atoms with van der Waals surface area (Å²) < 4.78 is 3.46. The van der Waals surface area contributed by atoms with Crippen LogP contribution in [-0.4, -0.2) is 58.2 Å². The summed E-state index contributed by atoms with van der Waals surface area (Å²) in [5.74, 6) is -0.127. The SMILES string of the molecule is Cn1cc(-c2cn3nc4c5ncc(NC(=O)CN6CCc7ncsc7C6)cc5[nH]c(=O)c4c3s2)cn1. The number of fused-ring (bicyclic) bond motifs is 6. The minimum atomic E-state index is -0.244. The van der Waals surface area contributed by atoms with Gasteiger partial charge in [-0.1, -0.05) is 0 Å². The molecule has 36 heavy (non-hydrogen) atoms. The van der Waals surface area contributed by atoms with Crippen molar-refractivity contribution >= 4 is 61.0 Å². The molecule has 1 amide bonds. The van der Waals surface area contributed by atoms with E-state index in [1.807, 2.05) is 25.0 Å². The number of aromatic nitrogens is 7. The van der Waals surface area contributed by atoms with E-state index in [0.29, 0.717) is 27.6 Å². The number of pyridine rings is 2. The van der Waals surface area contributed by atoms with Crippen LogP contribution in [0, 0.1) is 0 Å². The highest BCUT2D eigenvalue weighted by atomic mass is 32.1. The summed E-state index contributed by atoms with van der Waals surface area (Å²) in [6, 6.07) is 1.73. The maximum Gasteiger partial charge on any atom is 0.261 e. The van der Waals surface area contributed by atoms with Gasteiger partial charge in [0.25, 0.3) is 5.56 Å². The maximum atomic E-state index is 13.0. The summed E-state index contributed by atoms with van der Waals surface area (Å²) in [5.41, 5.74) is 5.88. The molecule has 6 aromatic heterocycles. The van der Waals surface area contributed by atoms with Crippen LogP contribution in [0.2, 0.25) is 0 Å². The van der Waals surface area contributed by atoms with Crippen LogP contribution in [0.25, 0.3) is 37.2 Å². The zero-order valence-corrected chi connectivity index (χ0v) is 20.7. The van der Waals surface area contributed by atoms with Crippen molar-refractivity contribution in [3.63, 3.8) is 0 Å². The highest BCUT2D eigenvalue weighted by Crippen LogP contribution is 2.33. The number of thiazole rings is 2. The topological polar surface area (TPSA) is 126 Å². The van der Waals surface area contributed by atoms with Gasteiger partial charge in [0.05, 0.1) is 46.2 Å². The number of H-pyrrole nitrogens is 1. The Morgan fingerprint density at radius 2 is 2.14 bits per heavy atom. The molecule has 0 bridgehead atoms. The summed E-state index contributed by atoms with van der Waals surface area (Å²) in [6.07, 6.45) is 8.06. The number of aryl methyl sites for hydroxylation is 1. The van der Waals surface area contributed by atoms with Crippen LogP contribution in [0.3, 0.4) is 0 Å². The van der Waals surface area contributed by atoms with Gasteiger partial charge in [-0.2, -0.15) is 10.2 Å². The molecular formula is C23H19N9O2S2. The lowest BCUT2D eigenvalue weighted by molar-refractivity contribution is -0.117. The number of rotatable bonds is 4. The Morgan fingerprint density at radius 3 is 3.00 bits per heavy atom. The third kappa shape index (κ3) is 3.51. The van der Waals surface area contributed by atoms with E-state index in [9.17, 15) is 9.59 Å². The molecule has 7 heterocycles. The summed E-state index contributed by atoms with van der Waals surface area (Å²) in [7, 11) is 1.86. The number of aromatic amines is 1. The molecule has 6 aromatic rings. The normalized spacial score (nSPS) is 14.1. The molecular weight excluding hydrogens is 498 g/mol. The second-order valence-corrected chi connectivity index (χ2v) is 10.7. The lowest BCUT2D eigenvalue weighted by atomic mass is 10.2. The smallest absolute Gasteiger partial charge is 0.261 e. The molecule has 0 aliphatic carbocycles. The van der Waals surface area contributed by atoms with Gasteiger partial charge in [0.1, 0.15) is 21.3 Å². The van der Waals surface area contributed by atoms with E-state index in [1.54, 1.807) is 39.0 Å². The highest BCUT2D eigenvalue weighted by molar-refractivity contribution is 7.21. The van der Waals surface area contributed by atoms with Crippen molar-refractivity contribution in [1.29, 1.82) is 0 Å². The number of hydrogen-bond donors (Lipinski definition) is 2. The van der Waals surface area contributed by atoms with Gasteiger partial charge in [-0.3, -0.25) is 24.2 Å². The third-order valence-corrected chi connectivity index (χ3v) is 8.30. The van der Waals surface area contributed by atoms with Crippen molar-refractivity contribution in [1.82, 2.24) is 39.2 Å². The van der Waals surface area contributed by atoms with Crippen LogP contribution in [0.1, 0.15) is 10.6 Å². The summed E-state index contributed by atoms with van der Waals surface area (Å²) in [4.78, 5) is 42.6. The summed E-state index contributed by atoms with van der Waals surface area (Å²) in [6.45, 7) is 1.81. The Bertz CT molecular complexity index is 1860. The van der Waals surface area contributed by atoms with E-state index in [2.05, 4.69) is 35.4 Å². The first-order valence-electron chi connectivity index (χ1n) is 11.3. The number of hydrogen-bond acceptors (Lipinski definition) is 9. The molecule has 0 saturated heterocycles. The van der Waals surface area contributed by atoms with Gasteiger partial charge in [-0.15, -0.1) is 22.7 Å². The highest BCUT2D eigenvalue weighted by Gasteiger charge is 2.21. The molecule has 11 nitrogen and oxygen atoms in total. The van der Waals surface area contributed by atoms with E-state index in [-0.39, 0.29) is 18.0 Å². The van der Waals surface area contributed by atoms with E-state index in [1.165, 1.54) is 16.2 Å². The van der Waals surface area contributed by atoms with Crippen LogP contribution in [0.15, 0.2) is 41.2 Å². The van der Waals surface area contributed by atoms with E-state index in [0.717, 1.165) is 40.5 Å². The largest absolute Gasteiger partial charge is 0.324 e. The van der Waals surface area contributed by atoms with Crippen molar-refractivity contribution < 1.29 is 4.79 Å². The predicted molar refractivity (Wildman–Crippen MR) is 138 cm³/mol. The zero-order valence-electron chi connectivity index (χ0n) is 19.1. The van der Waals surface area contributed by atoms with Gasteiger partial charge >= 0.3 is 0 Å². The second kappa shape index (κ2) is 8.05. The Balaban J connectivity index is 1.17. The molecule has 0 spiro atoms. The first-order valence-corrected chi connectivity index (χ1v) is 13.0. The zero-order chi connectivity index (χ0) is 24.4. The first-order chi connectivity index (χ1) is 17.5. The monoisotopic (exact) mass is 517 g/mol. The molecule has 2 N–H and O–H groups in total. The van der Waals surface area contributed by atoms with Gasteiger partial charge in [0.15, 0.2) is 0 Å². The molecule has 0 atom stereocenters. The maximum absolute atomic E-state index is 13.0. The fourth-order valence-corrected chi connectivity index (χ4v) is 6.53. The molecule has 0 fully saturated rings. The van der Waals surface area contributed by atoms with Gasteiger partial charge < -0.3 is 10.3 Å².